The van der Waals surface area contributed by atoms with Crippen LogP contribution in [0.5, 0.6) is 0 Å². The van der Waals surface area contributed by atoms with Crippen LogP contribution in [0.25, 0.3) is 0 Å². The first kappa shape index (κ1) is 15.2. The molecule has 5 nitrogen and oxygen atoms in total. The van der Waals surface area contributed by atoms with Crippen LogP contribution in [0.2, 0.25) is 0 Å². The molecule has 0 saturated carbocycles. The van der Waals surface area contributed by atoms with E-state index in [-0.39, 0.29) is 0 Å². The van der Waals surface area contributed by atoms with E-state index >= 15 is 0 Å². The van der Waals surface area contributed by atoms with E-state index in [1.807, 2.05) is 0 Å². The minimum atomic E-state index is 0.472. The van der Waals surface area contributed by atoms with Crippen molar-refractivity contribution in [1.29, 1.82) is 0 Å². The van der Waals surface area contributed by atoms with Crippen molar-refractivity contribution in [3.05, 3.63) is 17.8 Å². The largest absolute Gasteiger partial charge is 0.354 e. The number of hydrogen-bond acceptors (Lipinski definition) is 5. The molecule has 1 aliphatic heterocycles. The maximum Gasteiger partial charge on any atom is 0.151 e. The Hall–Kier alpha value is -1.20. The van der Waals surface area contributed by atoms with E-state index in [0.717, 1.165) is 31.1 Å². The molecule has 1 saturated heterocycles. The average molecular weight is 277 g/mol. The highest BCUT2D eigenvalue weighted by Gasteiger charge is 2.22. The summed E-state index contributed by atoms with van der Waals surface area (Å²) < 4.78 is 0. The first-order chi connectivity index (χ1) is 9.56. The zero-order valence-electron chi connectivity index (χ0n) is 13.1. The topological polar surface area (TPSA) is 44.3 Å². The molecule has 1 N–H and O–H groups in total. The molecule has 1 atom stereocenters. The lowest BCUT2D eigenvalue weighted by atomic mass is 10.1. The fourth-order valence-electron chi connectivity index (χ4n) is 2.51. The Bertz CT molecular complexity index is 401. The molecule has 0 amide bonds. The Balaban J connectivity index is 1.95. The van der Waals surface area contributed by atoms with Crippen molar-refractivity contribution in [1.82, 2.24) is 20.4 Å². The van der Waals surface area contributed by atoms with Crippen LogP contribution in [-0.4, -0.2) is 54.4 Å². The molecule has 0 bridgehead atoms. The first-order valence-electron chi connectivity index (χ1n) is 7.53. The first-order valence-corrected chi connectivity index (χ1v) is 7.53. The molecule has 0 radical (unpaired) electrons. The summed E-state index contributed by atoms with van der Waals surface area (Å²) in [6.45, 7) is 7.19. The molecule has 2 heterocycles. The van der Waals surface area contributed by atoms with Gasteiger partial charge in [0.1, 0.15) is 0 Å². The number of likely N-dealkylation sites (N-methyl/N-ethyl adjacent to an activating group) is 1. The molecular weight excluding hydrogens is 250 g/mol. The highest BCUT2D eigenvalue weighted by atomic mass is 15.3. The van der Waals surface area contributed by atoms with E-state index in [0.29, 0.717) is 12.1 Å². The van der Waals surface area contributed by atoms with Crippen molar-refractivity contribution in [2.24, 2.45) is 0 Å². The third-order valence-corrected chi connectivity index (χ3v) is 3.85. The van der Waals surface area contributed by atoms with Gasteiger partial charge in [-0.25, -0.2) is 0 Å². The van der Waals surface area contributed by atoms with Crippen molar-refractivity contribution in [3.8, 4) is 0 Å². The Morgan fingerprint density at radius 3 is 2.75 bits per heavy atom. The van der Waals surface area contributed by atoms with E-state index in [9.17, 15) is 0 Å². The summed E-state index contributed by atoms with van der Waals surface area (Å²) in [5.74, 6) is 1.00. The van der Waals surface area contributed by atoms with E-state index in [2.05, 4.69) is 65.4 Å². The Morgan fingerprint density at radius 1 is 1.35 bits per heavy atom. The minimum absolute atomic E-state index is 0.472. The molecule has 112 valence electrons. The number of rotatable bonds is 5. The molecule has 1 fully saturated rings. The highest BCUT2D eigenvalue weighted by Crippen LogP contribution is 2.19. The Morgan fingerprint density at radius 2 is 2.15 bits per heavy atom. The van der Waals surface area contributed by atoms with E-state index in [1.165, 1.54) is 12.8 Å². The van der Waals surface area contributed by atoms with Crippen LogP contribution in [0, 0.1) is 0 Å². The zero-order valence-corrected chi connectivity index (χ0v) is 13.1. The summed E-state index contributed by atoms with van der Waals surface area (Å²) in [7, 11) is 4.31. The van der Waals surface area contributed by atoms with Gasteiger partial charge in [0.25, 0.3) is 0 Å². The molecule has 0 aromatic carbocycles. The summed E-state index contributed by atoms with van der Waals surface area (Å²) in [6.07, 6.45) is 2.49. The van der Waals surface area contributed by atoms with E-state index in [1.54, 1.807) is 0 Å². The van der Waals surface area contributed by atoms with Gasteiger partial charge in [-0.1, -0.05) is 13.8 Å². The van der Waals surface area contributed by atoms with Crippen LogP contribution >= 0.6 is 0 Å². The number of nitrogens with zero attached hydrogens (tertiary/aromatic N) is 4. The smallest absolute Gasteiger partial charge is 0.151 e. The molecular formula is C15H27N5. The van der Waals surface area contributed by atoms with Gasteiger partial charge in [-0.2, -0.15) is 5.10 Å². The number of aromatic nitrogens is 2. The summed E-state index contributed by atoms with van der Waals surface area (Å²) in [5.41, 5.74) is 1.00. The number of piperidine rings is 1. The monoisotopic (exact) mass is 277 g/mol. The van der Waals surface area contributed by atoms with Crippen LogP contribution in [0.3, 0.4) is 0 Å². The van der Waals surface area contributed by atoms with Gasteiger partial charge in [-0.15, -0.1) is 5.10 Å². The van der Waals surface area contributed by atoms with Gasteiger partial charge in [-0.3, -0.25) is 0 Å². The molecule has 1 unspecified atom stereocenters. The Labute approximate surface area is 122 Å². The minimum Gasteiger partial charge on any atom is -0.354 e. The molecule has 0 spiro atoms. The summed E-state index contributed by atoms with van der Waals surface area (Å²) >= 11 is 0. The predicted octanol–water partition coefficient (Wildman–Crippen LogP) is 1.50. The lowest BCUT2D eigenvalue weighted by Crippen LogP contribution is -2.45. The van der Waals surface area contributed by atoms with E-state index in [4.69, 9.17) is 0 Å². The molecule has 20 heavy (non-hydrogen) atoms. The third kappa shape index (κ3) is 4.15. The normalized spacial score (nSPS) is 19.9. The predicted molar refractivity (Wildman–Crippen MR) is 82.9 cm³/mol. The van der Waals surface area contributed by atoms with Crippen LogP contribution in [-0.2, 0) is 6.54 Å². The van der Waals surface area contributed by atoms with Gasteiger partial charge in [-0.05, 0) is 39.1 Å². The van der Waals surface area contributed by atoms with Crippen LogP contribution in [0.15, 0.2) is 12.1 Å². The van der Waals surface area contributed by atoms with Gasteiger partial charge in [0.15, 0.2) is 5.82 Å². The van der Waals surface area contributed by atoms with Crippen molar-refractivity contribution in [2.45, 2.75) is 45.3 Å². The van der Waals surface area contributed by atoms with Gasteiger partial charge in [0, 0.05) is 31.7 Å². The molecule has 2 rings (SSSR count). The van der Waals surface area contributed by atoms with Crippen LogP contribution < -0.4 is 10.2 Å². The summed E-state index contributed by atoms with van der Waals surface area (Å²) in [5, 5.41) is 12.1. The fraction of sp³-hybridized carbons (Fsp3) is 0.733. The number of anilines is 1. The lowest BCUT2D eigenvalue weighted by molar-refractivity contribution is 0.257. The molecule has 5 heteroatoms. The van der Waals surface area contributed by atoms with Crippen molar-refractivity contribution < 1.29 is 0 Å². The number of hydrogen-bond donors (Lipinski definition) is 1. The van der Waals surface area contributed by atoms with Crippen LogP contribution in [0.1, 0.15) is 32.4 Å². The molecule has 1 aromatic rings. The summed E-state index contributed by atoms with van der Waals surface area (Å²) in [4.78, 5) is 4.65. The second-order valence-corrected chi connectivity index (χ2v) is 6.12. The fourth-order valence-corrected chi connectivity index (χ4v) is 2.51. The standard InChI is InChI=1S/C15H27N5/c1-12(2)16-10-13-7-8-15(18-17-13)20-9-5-6-14(11-20)19(3)4/h7-8,12,14,16H,5-6,9-11H2,1-4H3. The van der Waals surface area contributed by atoms with Crippen molar-refractivity contribution in [2.75, 3.05) is 32.1 Å². The average Bonchev–Trinajstić information content (AvgIpc) is 2.46. The van der Waals surface area contributed by atoms with Gasteiger partial charge in [0.05, 0.1) is 5.69 Å². The maximum absolute atomic E-state index is 4.39. The number of nitrogens with one attached hydrogen (secondary N) is 1. The second-order valence-electron chi connectivity index (χ2n) is 6.12. The van der Waals surface area contributed by atoms with Gasteiger partial charge in [0.2, 0.25) is 0 Å². The molecule has 1 aromatic heterocycles. The molecule has 1 aliphatic rings. The summed E-state index contributed by atoms with van der Waals surface area (Å²) in [6, 6.07) is 5.27. The van der Waals surface area contributed by atoms with Crippen LogP contribution in [0.4, 0.5) is 5.82 Å². The third-order valence-electron chi connectivity index (χ3n) is 3.85. The zero-order chi connectivity index (χ0) is 14.5. The molecule has 0 aliphatic carbocycles. The van der Waals surface area contributed by atoms with Gasteiger partial charge < -0.3 is 15.1 Å². The van der Waals surface area contributed by atoms with Gasteiger partial charge >= 0.3 is 0 Å². The SMILES string of the molecule is CC(C)NCc1ccc(N2CCCC(N(C)C)C2)nn1. The maximum atomic E-state index is 4.39. The Kier molecular flexibility index (Phi) is 5.31. The quantitative estimate of drug-likeness (QED) is 0.884. The lowest BCUT2D eigenvalue weighted by Gasteiger charge is -2.36. The second kappa shape index (κ2) is 6.99. The van der Waals surface area contributed by atoms with E-state index < -0.39 is 0 Å². The van der Waals surface area contributed by atoms with Crippen molar-refractivity contribution >= 4 is 5.82 Å². The van der Waals surface area contributed by atoms with Crippen molar-refractivity contribution in [3.63, 3.8) is 0 Å². The highest BCUT2D eigenvalue weighted by molar-refractivity contribution is 5.38.